The highest BCUT2D eigenvalue weighted by atomic mass is 16.4. The molecule has 0 aliphatic carbocycles. The van der Waals surface area contributed by atoms with Gasteiger partial charge in [-0.05, 0) is 26.3 Å². The van der Waals surface area contributed by atoms with Crippen LogP contribution in [-0.4, -0.2) is 35.0 Å². The maximum atomic E-state index is 12.7. The number of rotatable bonds is 6. The van der Waals surface area contributed by atoms with Crippen LogP contribution in [0.5, 0.6) is 0 Å². The maximum Gasteiger partial charge on any atom is 0.308 e. The topological polar surface area (TPSA) is 57.6 Å². The molecule has 1 aromatic carbocycles. The summed E-state index contributed by atoms with van der Waals surface area (Å²) in [5, 5.41) is 8.99. The molecule has 1 aromatic rings. The fourth-order valence-corrected chi connectivity index (χ4v) is 2.14. The second-order valence-electron chi connectivity index (χ2n) is 5.57. The van der Waals surface area contributed by atoms with Crippen molar-refractivity contribution in [2.24, 2.45) is 5.92 Å². The Morgan fingerprint density at radius 1 is 1.25 bits per heavy atom. The van der Waals surface area contributed by atoms with E-state index in [9.17, 15) is 9.59 Å². The van der Waals surface area contributed by atoms with Crippen molar-refractivity contribution < 1.29 is 14.7 Å². The molecule has 1 rings (SSSR count). The summed E-state index contributed by atoms with van der Waals surface area (Å²) in [7, 11) is 0. The van der Waals surface area contributed by atoms with Crippen LogP contribution in [-0.2, 0) is 15.0 Å². The van der Waals surface area contributed by atoms with Crippen molar-refractivity contribution in [3.63, 3.8) is 0 Å². The lowest BCUT2D eigenvalue weighted by molar-refractivity contribution is -0.144. The first-order valence-corrected chi connectivity index (χ1v) is 6.88. The Kier molecular flexibility index (Phi) is 5.31. The van der Waals surface area contributed by atoms with E-state index in [-0.39, 0.29) is 12.5 Å². The number of carbonyl (C=O) groups excluding carboxylic acids is 1. The van der Waals surface area contributed by atoms with Crippen molar-refractivity contribution in [1.29, 1.82) is 0 Å². The van der Waals surface area contributed by atoms with Crippen molar-refractivity contribution in [1.82, 2.24) is 4.90 Å². The number of carbonyl (C=O) groups is 2. The van der Waals surface area contributed by atoms with Crippen LogP contribution in [0.15, 0.2) is 30.3 Å². The Morgan fingerprint density at radius 3 is 2.25 bits per heavy atom. The minimum absolute atomic E-state index is 0.0423. The van der Waals surface area contributed by atoms with Crippen LogP contribution in [0.1, 0.15) is 33.3 Å². The average Bonchev–Trinajstić information content (AvgIpc) is 2.44. The number of amides is 1. The van der Waals surface area contributed by atoms with Crippen molar-refractivity contribution in [2.75, 3.05) is 13.1 Å². The monoisotopic (exact) mass is 277 g/mol. The van der Waals surface area contributed by atoms with E-state index in [1.807, 2.05) is 51.1 Å². The standard InChI is InChI=1S/C16H23NO3/c1-5-17(11-12(2)14(18)19)15(20)16(3,4)13-9-7-6-8-10-13/h6-10,12H,5,11H2,1-4H3,(H,18,19). The molecule has 1 atom stereocenters. The molecule has 20 heavy (non-hydrogen) atoms. The first kappa shape index (κ1) is 16.2. The van der Waals surface area contributed by atoms with E-state index in [1.165, 1.54) is 0 Å². The third kappa shape index (κ3) is 3.59. The molecule has 0 aromatic heterocycles. The number of aliphatic carboxylic acids is 1. The molecule has 4 nitrogen and oxygen atoms in total. The van der Waals surface area contributed by atoms with Crippen LogP contribution in [0, 0.1) is 5.92 Å². The summed E-state index contributed by atoms with van der Waals surface area (Å²) >= 11 is 0. The zero-order valence-electron chi connectivity index (χ0n) is 12.6. The second kappa shape index (κ2) is 6.55. The summed E-state index contributed by atoms with van der Waals surface area (Å²) in [6.45, 7) is 7.98. The van der Waals surface area contributed by atoms with Gasteiger partial charge >= 0.3 is 5.97 Å². The number of nitrogens with zero attached hydrogens (tertiary/aromatic N) is 1. The molecule has 0 aliphatic heterocycles. The SMILES string of the molecule is CCN(CC(C)C(=O)O)C(=O)C(C)(C)c1ccccc1. The molecule has 0 spiro atoms. The van der Waals surface area contributed by atoms with Gasteiger partial charge in [-0.3, -0.25) is 9.59 Å². The molecule has 110 valence electrons. The van der Waals surface area contributed by atoms with E-state index in [2.05, 4.69) is 0 Å². The summed E-state index contributed by atoms with van der Waals surface area (Å²) in [5.74, 6) is -1.49. The number of hydrogen-bond donors (Lipinski definition) is 1. The average molecular weight is 277 g/mol. The molecule has 0 radical (unpaired) electrons. The zero-order chi connectivity index (χ0) is 15.3. The minimum Gasteiger partial charge on any atom is -0.481 e. The van der Waals surface area contributed by atoms with Crippen molar-refractivity contribution in [3.8, 4) is 0 Å². The van der Waals surface area contributed by atoms with Crippen molar-refractivity contribution in [3.05, 3.63) is 35.9 Å². The van der Waals surface area contributed by atoms with Crippen LogP contribution in [0.2, 0.25) is 0 Å². The van der Waals surface area contributed by atoms with Gasteiger partial charge in [0.1, 0.15) is 0 Å². The van der Waals surface area contributed by atoms with E-state index in [0.29, 0.717) is 6.54 Å². The van der Waals surface area contributed by atoms with Gasteiger partial charge in [0.2, 0.25) is 5.91 Å². The normalized spacial score (nSPS) is 12.8. The minimum atomic E-state index is -0.881. The largest absolute Gasteiger partial charge is 0.481 e. The zero-order valence-corrected chi connectivity index (χ0v) is 12.6. The van der Waals surface area contributed by atoms with Gasteiger partial charge in [-0.1, -0.05) is 37.3 Å². The number of carboxylic acid groups (broad SMARTS) is 1. The van der Waals surface area contributed by atoms with Gasteiger partial charge in [0, 0.05) is 13.1 Å². The van der Waals surface area contributed by atoms with E-state index in [4.69, 9.17) is 5.11 Å². The Labute approximate surface area is 120 Å². The lowest BCUT2D eigenvalue weighted by Gasteiger charge is -2.32. The van der Waals surface area contributed by atoms with Gasteiger partial charge in [-0.15, -0.1) is 0 Å². The molecular formula is C16H23NO3. The van der Waals surface area contributed by atoms with Crippen LogP contribution in [0.4, 0.5) is 0 Å². The molecule has 4 heteroatoms. The molecule has 0 saturated carbocycles. The first-order valence-electron chi connectivity index (χ1n) is 6.88. The fraction of sp³-hybridized carbons (Fsp3) is 0.500. The molecular weight excluding hydrogens is 254 g/mol. The van der Waals surface area contributed by atoms with Crippen LogP contribution >= 0.6 is 0 Å². The van der Waals surface area contributed by atoms with Crippen molar-refractivity contribution in [2.45, 2.75) is 33.1 Å². The number of likely N-dealkylation sites (N-methyl/N-ethyl adjacent to an activating group) is 1. The highest BCUT2D eigenvalue weighted by Gasteiger charge is 2.34. The number of benzene rings is 1. The summed E-state index contributed by atoms with van der Waals surface area (Å²) < 4.78 is 0. The molecule has 1 N–H and O–H groups in total. The molecule has 0 aliphatic rings. The summed E-state index contributed by atoms with van der Waals surface area (Å²) in [6, 6.07) is 9.56. The summed E-state index contributed by atoms with van der Waals surface area (Å²) in [6.07, 6.45) is 0. The molecule has 0 heterocycles. The first-order chi connectivity index (χ1) is 9.30. The summed E-state index contributed by atoms with van der Waals surface area (Å²) in [4.78, 5) is 25.3. The molecule has 0 saturated heterocycles. The summed E-state index contributed by atoms with van der Waals surface area (Å²) in [5.41, 5.74) is 0.279. The highest BCUT2D eigenvalue weighted by molar-refractivity contribution is 5.87. The Bertz CT molecular complexity index is 468. The quantitative estimate of drug-likeness (QED) is 0.869. The van der Waals surface area contributed by atoms with Gasteiger partial charge in [-0.25, -0.2) is 0 Å². The van der Waals surface area contributed by atoms with Crippen LogP contribution in [0.3, 0.4) is 0 Å². The lowest BCUT2D eigenvalue weighted by Crippen LogP contribution is -2.46. The van der Waals surface area contributed by atoms with E-state index < -0.39 is 17.3 Å². The Morgan fingerprint density at radius 2 is 1.80 bits per heavy atom. The van der Waals surface area contributed by atoms with Crippen molar-refractivity contribution >= 4 is 11.9 Å². The van der Waals surface area contributed by atoms with E-state index >= 15 is 0 Å². The van der Waals surface area contributed by atoms with Crippen LogP contribution in [0.25, 0.3) is 0 Å². The lowest BCUT2D eigenvalue weighted by atomic mass is 9.83. The van der Waals surface area contributed by atoms with E-state index in [0.717, 1.165) is 5.56 Å². The fourth-order valence-electron chi connectivity index (χ4n) is 2.14. The number of carboxylic acids is 1. The number of hydrogen-bond acceptors (Lipinski definition) is 2. The van der Waals surface area contributed by atoms with Crippen LogP contribution < -0.4 is 0 Å². The Hall–Kier alpha value is -1.84. The van der Waals surface area contributed by atoms with Gasteiger partial charge in [-0.2, -0.15) is 0 Å². The maximum absolute atomic E-state index is 12.7. The van der Waals surface area contributed by atoms with Gasteiger partial charge in [0.15, 0.2) is 0 Å². The van der Waals surface area contributed by atoms with Gasteiger partial charge in [0.05, 0.1) is 11.3 Å². The van der Waals surface area contributed by atoms with Gasteiger partial charge in [0.25, 0.3) is 0 Å². The highest BCUT2D eigenvalue weighted by Crippen LogP contribution is 2.25. The predicted octanol–water partition coefficient (Wildman–Crippen LogP) is 2.53. The van der Waals surface area contributed by atoms with E-state index in [1.54, 1.807) is 11.8 Å². The molecule has 1 amide bonds. The predicted molar refractivity (Wildman–Crippen MR) is 78.5 cm³/mol. The smallest absolute Gasteiger partial charge is 0.308 e. The Balaban J connectivity index is 2.93. The third-order valence-corrected chi connectivity index (χ3v) is 3.61. The second-order valence-corrected chi connectivity index (χ2v) is 5.57. The molecule has 0 fully saturated rings. The molecule has 0 bridgehead atoms. The van der Waals surface area contributed by atoms with Gasteiger partial charge < -0.3 is 10.0 Å². The molecule has 1 unspecified atom stereocenters. The third-order valence-electron chi connectivity index (χ3n) is 3.61.